The molecular formula is C23H21N3O6S. The maximum atomic E-state index is 12.4. The third-order valence-electron chi connectivity index (χ3n) is 5.30. The van der Waals surface area contributed by atoms with Crippen LogP contribution in [0.4, 0.5) is 9.93 Å². The van der Waals surface area contributed by atoms with Crippen molar-refractivity contribution in [2.45, 2.75) is 18.4 Å². The van der Waals surface area contributed by atoms with Crippen LogP contribution in [-0.2, 0) is 9.53 Å². The van der Waals surface area contributed by atoms with Crippen LogP contribution in [0.15, 0.2) is 54.7 Å². The Morgan fingerprint density at radius 3 is 2.30 bits per heavy atom. The standard InChI is InChI=1S/C23H21N3O6S/c27-10-9-18(21(29)30)25-20(28)19-11-24-22(33-19)26-23(31)32-12-17-15-7-3-1-5-13(15)14-6-2-4-8-16(14)17/h1-8,11,17-18,27H,9-10,12H2,(H,25,28)(H,29,30)(H,24,26,31). The van der Waals surface area contributed by atoms with Gasteiger partial charge in [-0.25, -0.2) is 14.6 Å². The molecule has 1 aliphatic rings. The van der Waals surface area contributed by atoms with Crippen molar-refractivity contribution in [3.05, 3.63) is 70.7 Å². The van der Waals surface area contributed by atoms with Crippen LogP contribution in [0.3, 0.4) is 0 Å². The summed E-state index contributed by atoms with van der Waals surface area (Å²) in [7, 11) is 0. The normalized spacial score (nSPS) is 13.0. The molecule has 0 saturated carbocycles. The molecule has 1 unspecified atom stereocenters. The summed E-state index contributed by atoms with van der Waals surface area (Å²) < 4.78 is 5.45. The molecule has 1 aromatic heterocycles. The number of hydrogen-bond acceptors (Lipinski definition) is 7. The van der Waals surface area contributed by atoms with Crippen molar-refractivity contribution in [3.8, 4) is 11.1 Å². The summed E-state index contributed by atoms with van der Waals surface area (Å²) in [4.78, 5) is 39.8. The number of anilines is 1. The van der Waals surface area contributed by atoms with Crippen molar-refractivity contribution >= 4 is 34.4 Å². The maximum absolute atomic E-state index is 12.4. The van der Waals surface area contributed by atoms with Crippen LogP contribution < -0.4 is 10.6 Å². The van der Waals surface area contributed by atoms with Gasteiger partial charge in [0.2, 0.25) is 0 Å². The molecule has 0 bridgehead atoms. The van der Waals surface area contributed by atoms with Gasteiger partial charge >= 0.3 is 12.1 Å². The largest absolute Gasteiger partial charge is 0.480 e. The van der Waals surface area contributed by atoms with Gasteiger partial charge in [0.15, 0.2) is 5.13 Å². The third-order valence-corrected chi connectivity index (χ3v) is 6.21. The molecule has 9 nitrogen and oxygen atoms in total. The Balaban J connectivity index is 1.36. The number of carboxylic acids is 1. The number of nitrogens with zero attached hydrogens (tertiary/aromatic N) is 1. The lowest BCUT2D eigenvalue weighted by Crippen LogP contribution is -2.41. The second-order valence-corrected chi connectivity index (χ2v) is 8.39. The van der Waals surface area contributed by atoms with Crippen LogP contribution in [0.1, 0.15) is 33.1 Å². The second kappa shape index (κ2) is 9.80. The number of ether oxygens (including phenoxy) is 1. The Bertz CT molecular complexity index is 1150. The fourth-order valence-electron chi connectivity index (χ4n) is 3.77. The van der Waals surface area contributed by atoms with E-state index in [-0.39, 0.29) is 35.6 Å². The van der Waals surface area contributed by atoms with Gasteiger partial charge in [0, 0.05) is 18.9 Å². The Hall–Kier alpha value is -3.76. The number of rotatable bonds is 8. The number of carbonyl (C=O) groups is 3. The van der Waals surface area contributed by atoms with Crippen LogP contribution in [-0.4, -0.2) is 52.4 Å². The van der Waals surface area contributed by atoms with E-state index in [1.807, 2.05) is 48.5 Å². The monoisotopic (exact) mass is 467 g/mol. The predicted molar refractivity (Wildman–Crippen MR) is 121 cm³/mol. The van der Waals surface area contributed by atoms with E-state index in [2.05, 4.69) is 15.6 Å². The number of aliphatic hydroxyl groups is 1. The molecule has 0 fully saturated rings. The maximum Gasteiger partial charge on any atom is 0.413 e. The van der Waals surface area contributed by atoms with Gasteiger partial charge in [-0.15, -0.1) is 0 Å². The zero-order valence-corrected chi connectivity index (χ0v) is 18.2. The van der Waals surface area contributed by atoms with Gasteiger partial charge in [-0.2, -0.15) is 0 Å². The molecule has 4 rings (SSSR count). The third kappa shape index (κ3) is 4.86. The van der Waals surface area contributed by atoms with Crippen molar-refractivity contribution in [2.75, 3.05) is 18.5 Å². The average molecular weight is 468 g/mol. The molecule has 0 saturated heterocycles. The number of fused-ring (bicyclic) bond motifs is 3. The van der Waals surface area contributed by atoms with Crippen LogP contribution in [0, 0.1) is 0 Å². The first-order chi connectivity index (χ1) is 16.0. The second-order valence-electron chi connectivity index (χ2n) is 7.36. The Kier molecular flexibility index (Phi) is 6.66. The molecular weight excluding hydrogens is 446 g/mol. The minimum Gasteiger partial charge on any atom is -0.480 e. The summed E-state index contributed by atoms with van der Waals surface area (Å²) in [5.41, 5.74) is 4.43. The van der Waals surface area contributed by atoms with E-state index in [4.69, 9.17) is 14.9 Å². The van der Waals surface area contributed by atoms with Gasteiger partial charge in [0.05, 0.1) is 6.20 Å². The Labute approximate surface area is 193 Å². The number of amides is 2. The highest BCUT2D eigenvalue weighted by Gasteiger charge is 2.29. The van der Waals surface area contributed by atoms with Crippen molar-refractivity contribution in [1.82, 2.24) is 10.3 Å². The Morgan fingerprint density at radius 1 is 1.06 bits per heavy atom. The highest BCUT2D eigenvalue weighted by molar-refractivity contribution is 7.17. The minimum atomic E-state index is -1.25. The van der Waals surface area contributed by atoms with E-state index in [0.29, 0.717) is 0 Å². The number of hydrogen-bond donors (Lipinski definition) is 4. The predicted octanol–water partition coefficient (Wildman–Crippen LogP) is 3.07. The van der Waals surface area contributed by atoms with E-state index >= 15 is 0 Å². The summed E-state index contributed by atoms with van der Waals surface area (Å²) >= 11 is 0.886. The first-order valence-corrected chi connectivity index (χ1v) is 11.0. The SMILES string of the molecule is O=C(Nc1ncc(C(=O)NC(CCO)C(=O)O)s1)OCC1c2ccccc2-c2ccccc21. The zero-order valence-electron chi connectivity index (χ0n) is 17.4. The van der Waals surface area contributed by atoms with Crippen LogP contribution in [0.2, 0.25) is 0 Å². The van der Waals surface area contributed by atoms with Gasteiger partial charge in [-0.3, -0.25) is 10.1 Å². The van der Waals surface area contributed by atoms with Gasteiger partial charge < -0.3 is 20.3 Å². The minimum absolute atomic E-state index is 0.0831. The molecule has 1 aliphatic carbocycles. The first kappa shape index (κ1) is 22.4. The summed E-state index contributed by atoms with van der Waals surface area (Å²) in [6, 6.07) is 14.8. The molecule has 0 spiro atoms. The lowest BCUT2D eigenvalue weighted by molar-refractivity contribution is -0.139. The molecule has 2 aromatic carbocycles. The topological polar surface area (TPSA) is 138 Å². The fourth-order valence-corrected chi connectivity index (χ4v) is 4.48. The van der Waals surface area contributed by atoms with Crippen LogP contribution in [0.25, 0.3) is 11.1 Å². The lowest BCUT2D eigenvalue weighted by atomic mass is 9.98. The number of carbonyl (C=O) groups excluding carboxylic acids is 2. The zero-order chi connectivity index (χ0) is 23.4. The average Bonchev–Trinajstić information content (AvgIpc) is 3.40. The molecule has 0 aliphatic heterocycles. The van der Waals surface area contributed by atoms with E-state index < -0.39 is 24.0 Å². The van der Waals surface area contributed by atoms with E-state index in [1.165, 1.54) is 6.20 Å². The number of aromatic nitrogens is 1. The van der Waals surface area contributed by atoms with Crippen LogP contribution in [0.5, 0.6) is 0 Å². The van der Waals surface area contributed by atoms with Gasteiger partial charge in [0.1, 0.15) is 17.5 Å². The van der Waals surface area contributed by atoms with Crippen molar-refractivity contribution < 1.29 is 29.3 Å². The molecule has 33 heavy (non-hydrogen) atoms. The van der Waals surface area contributed by atoms with Crippen molar-refractivity contribution in [3.63, 3.8) is 0 Å². The van der Waals surface area contributed by atoms with Crippen LogP contribution >= 0.6 is 11.3 Å². The number of carboxylic acid groups (broad SMARTS) is 1. The van der Waals surface area contributed by atoms with Crippen molar-refractivity contribution in [2.24, 2.45) is 0 Å². The van der Waals surface area contributed by atoms with E-state index in [1.54, 1.807) is 0 Å². The number of benzene rings is 2. The number of aliphatic hydroxyl groups excluding tert-OH is 1. The first-order valence-electron chi connectivity index (χ1n) is 10.2. The van der Waals surface area contributed by atoms with E-state index in [9.17, 15) is 14.4 Å². The summed E-state index contributed by atoms with van der Waals surface area (Å²) in [6.45, 7) is -0.242. The summed E-state index contributed by atoms with van der Waals surface area (Å²) in [5.74, 6) is -1.99. The molecule has 4 N–H and O–H groups in total. The molecule has 3 aromatic rings. The van der Waals surface area contributed by atoms with Gasteiger partial charge in [-0.05, 0) is 22.3 Å². The molecule has 2 amide bonds. The molecule has 10 heteroatoms. The van der Waals surface area contributed by atoms with E-state index in [0.717, 1.165) is 33.6 Å². The molecule has 1 heterocycles. The van der Waals surface area contributed by atoms with Gasteiger partial charge in [0.25, 0.3) is 5.91 Å². The summed E-state index contributed by atoms with van der Waals surface area (Å²) in [6.07, 6.45) is 0.406. The number of nitrogens with one attached hydrogen (secondary N) is 2. The molecule has 170 valence electrons. The molecule has 1 atom stereocenters. The van der Waals surface area contributed by atoms with Gasteiger partial charge in [-0.1, -0.05) is 59.9 Å². The number of thiazole rings is 1. The highest BCUT2D eigenvalue weighted by Crippen LogP contribution is 2.44. The highest BCUT2D eigenvalue weighted by atomic mass is 32.1. The number of aliphatic carboxylic acids is 1. The quantitative estimate of drug-likeness (QED) is 0.399. The fraction of sp³-hybridized carbons (Fsp3) is 0.217. The Morgan fingerprint density at radius 2 is 1.70 bits per heavy atom. The smallest absolute Gasteiger partial charge is 0.413 e. The lowest BCUT2D eigenvalue weighted by Gasteiger charge is -2.14. The summed E-state index contributed by atoms with van der Waals surface area (Å²) in [5, 5.41) is 23.0. The molecule has 0 radical (unpaired) electrons. The van der Waals surface area contributed by atoms with Crippen molar-refractivity contribution in [1.29, 1.82) is 0 Å².